The van der Waals surface area contributed by atoms with Crippen molar-refractivity contribution in [1.29, 1.82) is 0 Å². The summed E-state index contributed by atoms with van der Waals surface area (Å²) in [5, 5.41) is 0. The van der Waals surface area contributed by atoms with Crippen LogP contribution in [0.3, 0.4) is 0 Å². The standard InChI is InChI=1S/C17H15BrO5/c1-20-13-7-6-11(8-12(13)18)9-22-17(19)16-10-21-14-4-2-3-5-15(14)23-16/h2-8,16H,9-10H2,1H3/t16-/m0/s1. The average Bonchev–Trinajstić information content (AvgIpc) is 2.59. The molecule has 120 valence electrons. The van der Waals surface area contributed by atoms with Crippen molar-refractivity contribution in [2.24, 2.45) is 0 Å². The molecule has 0 aromatic heterocycles. The van der Waals surface area contributed by atoms with Gasteiger partial charge in [-0.15, -0.1) is 0 Å². The summed E-state index contributed by atoms with van der Waals surface area (Å²) >= 11 is 3.40. The Labute approximate surface area is 142 Å². The van der Waals surface area contributed by atoms with E-state index in [4.69, 9.17) is 18.9 Å². The predicted molar refractivity (Wildman–Crippen MR) is 86.8 cm³/mol. The molecule has 0 bridgehead atoms. The van der Waals surface area contributed by atoms with Gasteiger partial charge in [0.05, 0.1) is 11.6 Å². The SMILES string of the molecule is COc1ccc(COC(=O)[C@@H]2COc3ccccc3O2)cc1Br. The number of ether oxygens (including phenoxy) is 4. The lowest BCUT2D eigenvalue weighted by molar-refractivity contribution is -0.155. The third kappa shape index (κ3) is 3.59. The Balaban J connectivity index is 1.59. The number of carbonyl (C=O) groups excluding carboxylic acids is 1. The zero-order valence-corrected chi connectivity index (χ0v) is 14.0. The first-order chi connectivity index (χ1) is 11.2. The third-order valence-electron chi connectivity index (χ3n) is 3.37. The molecule has 2 aromatic rings. The summed E-state index contributed by atoms with van der Waals surface area (Å²) < 4.78 is 22.4. The van der Waals surface area contributed by atoms with E-state index in [9.17, 15) is 4.79 Å². The number of fused-ring (bicyclic) bond motifs is 1. The van der Waals surface area contributed by atoms with Gasteiger partial charge >= 0.3 is 5.97 Å². The number of hydrogen-bond donors (Lipinski definition) is 0. The number of esters is 1. The molecule has 3 rings (SSSR count). The first-order valence-electron chi connectivity index (χ1n) is 7.05. The van der Waals surface area contributed by atoms with Crippen LogP contribution < -0.4 is 14.2 Å². The molecule has 1 aliphatic rings. The second kappa shape index (κ2) is 6.91. The van der Waals surface area contributed by atoms with Crippen LogP contribution in [0.2, 0.25) is 0 Å². The minimum Gasteiger partial charge on any atom is -0.496 e. The van der Waals surface area contributed by atoms with E-state index in [-0.39, 0.29) is 13.2 Å². The molecule has 0 aliphatic carbocycles. The molecular weight excluding hydrogens is 364 g/mol. The zero-order chi connectivity index (χ0) is 16.2. The summed E-state index contributed by atoms with van der Waals surface area (Å²) in [4.78, 5) is 12.1. The van der Waals surface area contributed by atoms with Crippen LogP contribution in [-0.2, 0) is 16.1 Å². The molecule has 1 aliphatic heterocycles. The van der Waals surface area contributed by atoms with Gasteiger partial charge in [0.1, 0.15) is 19.0 Å². The summed E-state index contributed by atoms with van der Waals surface area (Å²) in [5.41, 5.74) is 0.850. The van der Waals surface area contributed by atoms with E-state index in [0.717, 1.165) is 15.8 Å². The van der Waals surface area contributed by atoms with E-state index in [0.29, 0.717) is 11.5 Å². The van der Waals surface area contributed by atoms with Gasteiger partial charge in [0.15, 0.2) is 11.5 Å². The predicted octanol–water partition coefficient (Wildman–Crippen LogP) is 3.34. The minimum absolute atomic E-state index is 0.141. The van der Waals surface area contributed by atoms with Gasteiger partial charge in [-0.3, -0.25) is 0 Å². The summed E-state index contributed by atoms with van der Waals surface area (Å²) in [6, 6.07) is 12.7. The minimum atomic E-state index is -0.758. The second-order valence-electron chi connectivity index (χ2n) is 4.94. The van der Waals surface area contributed by atoms with E-state index >= 15 is 0 Å². The lowest BCUT2D eigenvalue weighted by Gasteiger charge is -2.24. The lowest BCUT2D eigenvalue weighted by Crippen LogP contribution is -2.37. The molecule has 6 heteroatoms. The van der Waals surface area contributed by atoms with Gasteiger partial charge in [0.25, 0.3) is 0 Å². The maximum absolute atomic E-state index is 12.1. The molecule has 0 amide bonds. The molecule has 23 heavy (non-hydrogen) atoms. The highest BCUT2D eigenvalue weighted by molar-refractivity contribution is 9.10. The molecule has 1 atom stereocenters. The van der Waals surface area contributed by atoms with E-state index in [1.165, 1.54) is 0 Å². The molecule has 0 radical (unpaired) electrons. The van der Waals surface area contributed by atoms with Crippen LogP contribution >= 0.6 is 15.9 Å². The van der Waals surface area contributed by atoms with Gasteiger partial charge in [-0.1, -0.05) is 18.2 Å². The van der Waals surface area contributed by atoms with E-state index in [1.54, 1.807) is 19.2 Å². The maximum Gasteiger partial charge on any atom is 0.351 e. The first kappa shape index (κ1) is 15.7. The Morgan fingerprint density at radius 1 is 1.26 bits per heavy atom. The number of carbonyl (C=O) groups is 1. The second-order valence-corrected chi connectivity index (χ2v) is 5.80. The van der Waals surface area contributed by atoms with Crippen molar-refractivity contribution in [2.45, 2.75) is 12.7 Å². The van der Waals surface area contributed by atoms with Gasteiger partial charge in [0.2, 0.25) is 6.10 Å². The Morgan fingerprint density at radius 2 is 2.04 bits per heavy atom. The molecular formula is C17H15BrO5. The van der Waals surface area contributed by atoms with E-state index < -0.39 is 12.1 Å². The average molecular weight is 379 g/mol. The molecule has 2 aromatic carbocycles. The number of methoxy groups -OCH3 is 1. The molecule has 5 nitrogen and oxygen atoms in total. The van der Waals surface area contributed by atoms with Gasteiger partial charge in [0, 0.05) is 0 Å². The van der Waals surface area contributed by atoms with Crippen molar-refractivity contribution in [3.05, 3.63) is 52.5 Å². The fourth-order valence-corrected chi connectivity index (χ4v) is 2.77. The number of rotatable bonds is 4. The number of halogens is 1. The van der Waals surface area contributed by atoms with Gasteiger partial charge in [-0.2, -0.15) is 0 Å². The van der Waals surface area contributed by atoms with Crippen molar-refractivity contribution in [3.63, 3.8) is 0 Å². The topological polar surface area (TPSA) is 54.0 Å². The maximum atomic E-state index is 12.1. The van der Waals surface area contributed by atoms with Crippen LogP contribution in [0.25, 0.3) is 0 Å². The summed E-state index contributed by atoms with van der Waals surface area (Å²) in [5.74, 6) is 1.45. The lowest BCUT2D eigenvalue weighted by atomic mass is 10.2. The molecule has 0 spiro atoms. The number of para-hydroxylation sites is 2. The normalized spacial score (nSPS) is 15.8. The highest BCUT2D eigenvalue weighted by Gasteiger charge is 2.28. The zero-order valence-electron chi connectivity index (χ0n) is 12.5. The quantitative estimate of drug-likeness (QED) is 0.763. The summed E-state index contributed by atoms with van der Waals surface area (Å²) in [7, 11) is 1.60. The van der Waals surface area contributed by atoms with Crippen molar-refractivity contribution in [3.8, 4) is 17.2 Å². The van der Waals surface area contributed by atoms with Crippen LogP contribution in [0.4, 0.5) is 0 Å². The number of hydrogen-bond acceptors (Lipinski definition) is 5. The highest BCUT2D eigenvalue weighted by atomic mass is 79.9. The first-order valence-corrected chi connectivity index (χ1v) is 7.84. The Morgan fingerprint density at radius 3 is 2.78 bits per heavy atom. The molecule has 0 saturated heterocycles. The number of benzene rings is 2. The van der Waals surface area contributed by atoms with Crippen LogP contribution in [0.15, 0.2) is 46.9 Å². The van der Waals surface area contributed by atoms with Crippen LogP contribution in [0.1, 0.15) is 5.56 Å². The molecule has 0 unspecified atom stereocenters. The largest absolute Gasteiger partial charge is 0.496 e. The molecule has 1 heterocycles. The van der Waals surface area contributed by atoms with Crippen molar-refractivity contribution >= 4 is 21.9 Å². The highest BCUT2D eigenvalue weighted by Crippen LogP contribution is 2.31. The molecule has 0 saturated carbocycles. The Kier molecular flexibility index (Phi) is 4.71. The van der Waals surface area contributed by atoms with Crippen molar-refractivity contribution in [2.75, 3.05) is 13.7 Å². The van der Waals surface area contributed by atoms with Crippen molar-refractivity contribution in [1.82, 2.24) is 0 Å². The van der Waals surface area contributed by atoms with E-state index in [2.05, 4.69) is 15.9 Å². The van der Waals surface area contributed by atoms with Gasteiger partial charge < -0.3 is 18.9 Å². The van der Waals surface area contributed by atoms with E-state index in [1.807, 2.05) is 30.3 Å². The smallest absolute Gasteiger partial charge is 0.351 e. The summed E-state index contributed by atoms with van der Waals surface area (Å²) in [6.45, 7) is 0.297. The summed E-state index contributed by atoms with van der Waals surface area (Å²) in [6.07, 6.45) is -0.758. The monoisotopic (exact) mass is 378 g/mol. The third-order valence-corrected chi connectivity index (χ3v) is 3.99. The van der Waals surface area contributed by atoms with Crippen LogP contribution in [-0.4, -0.2) is 25.8 Å². The van der Waals surface area contributed by atoms with Crippen molar-refractivity contribution < 1.29 is 23.7 Å². The fraction of sp³-hybridized carbons (Fsp3) is 0.235. The van der Waals surface area contributed by atoms with Crippen LogP contribution in [0, 0.1) is 0 Å². The molecule has 0 fully saturated rings. The van der Waals surface area contributed by atoms with Crippen LogP contribution in [0.5, 0.6) is 17.2 Å². The van der Waals surface area contributed by atoms with Gasteiger partial charge in [-0.05, 0) is 45.8 Å². The Hall–Kier alpha value is -2.21. The molecule has 0 N–H and O–H groups in total. The fourth-order valence-electron chi connectivity index (χ4n) is 2.18. The Bertz CT molecular complexity index is 716. The van der Waals surface area contributed by atoms with Gasteiger partial charge in [-0.25, -0.2) is 4.79 Å².